The lowest BCUT2D eigenvalue weighted by Gasteiger charge is -2.30. The van der Waals surface area contributed by atoms with E-state index in [0.717, 1.165) is 37.3 Å². The van der Waals surface area contributed by atoms with Gasteiger partial charge in [0, 0.05) is 19.6 Å². The van der Waals surface area contributed by atoms with E-state index in [4.69, 9.17) is 0 Å². The number of piperidine rings is 1. The maximum absolute atomic E-state index is 11.6. The highest BCUT2D eigenvalue weighted by Gasteiger charge is 2.26. The number of aromatic nitrogens is 2. The minimum atomic E-state index is -3.09. The number of nitrogens with one attached hydrogen (secondary N) is 1. The van der Waals surface area contributed by atoms with Gasteiger partial charge in [-0.25, -0.2) is 12.7 Å². The maximum Gasteiger partial charge on any atom is 0.211 e. The number of hydrogen-bond acceptors (Lipinski definition) is 5. The topological polar surface area (TPSA) is 75.2 Å². The number of hydrogen-bond donors (Lipinski definition) is 1. The second-order valence-corrected chi connectivity index (χ2v) is 8.50. The van der Waals surface area contributed by atoms with Crippen LogP contribution in [0.25, 0.3) is 0 Å². The van der Waals surface area contributed by atoms with E-state index in [1.165, 1.54) is 6.26 Å². The molecule has 0 unspecified atom stereocenters. The molecule has 0 saturated carbocycles. The fourth-order valence-electron chi connectivity index (χ4n) is 2.66. The highest BCUT2D eigenvalue weighted by Crippen LogP contribution is 2.21. The highest BCUT2D eigenvalue weighted by atomic mass is 32.2. The van der Waals surface area contributed by atoms with Crippen LogP contribution in [0.5, 0.6) is 0 Å². The first-order valence-electron chi connectivity index (χ1n) is 7.86. The van der Waals surface area contributed by atoms with Crippen molar-refractivity contribution in [2.75, 3.05) is 31.2 Å². The van der Waals surface area contributed by atoms with E-state index in [1.807, 2.05) is 12.1 Å². The van der Waals surface area contributed by atoms with Crippen LogP contribution in [-0.4, -0.2) is 48.8 Å². The Hall–Kier alpha value is -1.21. The molecule has 0 aliphatic carbocycles. The van der Waals surface area contributed by atoms with Crippen molar-refractivity contribution in [3.8, 4) is 0 Å². The SMILES string of the molecule is CC(C)CNc1ccc(C[C@@H]2CCCN(S(C)(=O)=O)C2)nn1. The lowest BCUT2D eigenvalue weighted by molar-refractivity contribution is 0.265. The van der Waals surface area contributed by atoms with Crippen LogP contribution in [0.3, 0.4) is 0 Å². The van der Waals surface area contributed by atoms with Crippen LogP contribution in [0, 0.1) is 11.8 Å². The Labute approximate surface area is 133 Å². The van der Waals surface area contributed by atoms with Crippen LogP contribution in [0.4, 0.5) is 5.82 Å². The lowest BCUT2D eigenvalue weighted by Crippen LogP contribution is -2.39. The molecule has 0 bridgehead atoms. The molecule has 22 heavy (non-hydrogen) atoms. The van der Waals surface area contributed by atoms with Crippen molar-refractivity contribution in [3.05, 3.63) is 17.8 Å². The summed E-state index contributed by atoms with van der Waals surface area (Å²) < 4.78 is 24.9. The van der Waals surface area contributed by atoms with Gasteiger partial charge in [-0.3, -0.25) is 0 Å². The van der Waals surface area contributed by atoms with Crippen molar-refractivity contribution in [2.24, 2.45) is 11.8 Å². The standard InChI is InChI=1S/C15H26N4O2S/c1-12(2)10-16-15-7-6-14(17-18-15)9-13-5-4-8-19(11-13)22(3,20)21/h6-7,12-13H,4-5,8-11H2,1-3H3,(H,16,18)/t13-/m0/s1. The molecule has 1 aliphatic rings. The summed E-state index contributed by atoms with van der Waals surface area (Å²) in [4.78, 5) is 0. The fraction of sp³-hybridized carbons (Fsp3) is 0.733. The molecule has 2 heterocycles. The molecule has 1 aromatic rings. The molecule has 0 spiro atoms. The van der Waals surface area contributed by atoms with Crippen molar-refractivity contribution >= 4 is 15.8 Å². The van der Waals surface area contributed by atoms with Gasteiger partial charge in [-0.15, -0.1) is 5.10 Å². The van der Waals surface area contributed by atoms with E-state index in [1.54, 1.807) is 4.31 Å². The summed E-state index contributed by atoms with van der Waals surface area (Å²) in [6, 6.07) is 3.93. The van der Waals surface area contributed by atoms with Crippen LogP contribution in [-0.2, 0) is 16.4 Å². The smallest absolute Gasteiger partial charge is 0.211 e. The zero-order valence-electron chi connectivity index (χ0n) is 13.6. The van der Waals surface area contributed by atoms with Gasteiger partial charge in [0.1, 0.15) is 5.82 Å². The molecule has 0 aromatic carbocycles. The third-order valence-electron chi connectivity index (χ3n) is 3.86. The Morgan fingerprint density at radius 1 is 1.36 bits per heavy atom. The van der Waals surface area contributed by atoms with E-state index >= 15 is 0 Å². The molecule has 1 N–H and O–H groups in total. The van der Waals surface area contributed by atoms with E-state index < -0.39 is 10.0 Å². The Morgan fingerprint density at radius 3 is 2.73 bits per heavy atom. The van der Waals surface area contributed by atoms with Gasteiger partial charge in [0.05, 0.1) is 11.9 Å². The average Bonchev–Trinajstić information content (AvgIpc) is 2.46. The van der Waals surface area contributed by atoms with Gasteiger partial charge >= 0.3 is 0 Å². The van der Waals surface area contributed by atoms with Crippen LogP contribution in [0.15, 0.2) is 12.1 Å². The van der Waals surface area contributed by atoms with E-state index in [2.05, 4.69) is 29.4 Å². The quantitative estimate of drug-likeness (QED) is 0.862. The van der Waals surface area contributed by atoms with Crippen molar-refractivity contribution in [1.82, 2.24) is 14.5 Å². The summed E-state index contributed by atoms with van der Waals surface area (Å²) >= 11 is 0. The minimum Gasteiger partial charge on any atom is -0.368 e. The molecule has 0 radical (unpaired) electrons. The lowest BCUT2D eigenvalue weighted by atomic mass is 9.94. The zero-order valence-corrected chi connectivity index (χ0v) is 14.4. The van der Waals surface area contributed by atoms with Crippen molar-refractivity contribution in [3.63, 3.8) is 0 Å². The second kappa shape index (κ2) is 7.37. The maximum atomic E-state index is 11.6. The predicted octanol–water partition coefficient (Wildman–Crippen LogP) is 1.76. The highest BCUT2D eigenvalue weighted by molar-refractivity contribution is 7.88. The van der Waals surface area contributed by atoms with Crippen LogP contribution in [0.2, 0.25) is 0 Å². The molecule has 7 heteroatoms. The molecule has 1 saturated heterocycles. The van der Waals surface area contributed by atoms with Gasteiger partial charge < -0.3 is 5.32 Å². The molecule has 1 fully saturated rings. The third-order valence-corrected chi connectivity index (χ3v) is 5.13. The average molecular weight is 326 g/mol. The Kier molecular flexibility index (Phi) is 5.74. The summed E-state index contributed by atoms with van der Waals surface area (Å²) in [5.41, 5.74) is 0.926. The van der Waals surface area contributed by atoms with Gasteiger partial charge in [0.15, 0.2) is 0 Å². The summed E-state index contributed by atoms with van der Waals surface area (Å²) in [5, 5.41) is 11.7. The number of anilines is 1. The third kappa shape index (κ3) is 5.21. The normalized spacial score (nSPS) is 20.3. The Balaban J connectivity index is 1.90. The first-order valence-corrected chi connectivity index (χ1v) is 9.71. The number of nitrogens with zero attached hydrogens (tertiary/aromatic N) is 3. The van der Waals surface area contributed by atoms with Crippen molar-refractivity contribution in [1.29, 1.82) is 0 Å². The second-order valence-electron chi connectivity index (χ2n) is 6.52. The summed E-state index contributed by atoms with van der Waals surface area (Å²) in [5.74, 6) is 1.68. The van der Waals surface area contributed by atoms with E-state index in [0.29, 0.717) is 24.9 Å². The molecule has 6 nitrogen and oxygen atoms in total. The Bertz CT molecular complexity index is 572. The van der Waals surface area contributed by atoms with Gasteiger partial charge in [0.25, 0.3) is 0 Å². The van der Waals surface area contributed by atoms with Crippen molar-refractivity contribution in [2.45, 2.75) is 33.1 Å². The molecule has 124 valence electrons. The van der Waals surface area contributed by atoms with Gasteiger partial charge in [-0.05, 0) is 43.2 Å². The molecule has 0 amide bonds. The molecule has 2 rings (SSSR count). The first-order chi connectivity index (χ1) is 10.3. The minimum absolute atomic E-state index is 0.326. The first kappa shape index (κ1) is 17.1. The molecule has 1 atom stereocenters. The molecule has 1 aromatic heterocycles. The number of sulfonamides is 1. The van der Waals surface area contributed by atoms with Crippen LogP contribution in [0.1, 0.15) is 32.4 Å². The van der Waals surface area contributed by atoms with Crippen molar-refractivity contribution < 1.29 is 8.42 Å². The molecular weight excluding hydrogens is 300 g/mol. The van der Waals surface area contributed by atoms with Gasteiger partial charge in [-0.2, -0.15) is 5.10 Å². The van der Waals surface area contributed by atoms with Gasteiger partial charge in [0.2, 0.25) is 10.0 Å². The summed E-state index contributed by atoms with van der Waals surface area (Å²) in [6.45, 7) is 6.39. The van der Waals surface area contributed by atoms with Crippen LogP contribution >= 0.6 is 0 Å². The summed E-state index contributed by atoms with van der Waals surface area (Å²) in [6.07, 6.45) is 4.02. The summed E-state index contributed by atoms with van der Waals surface area (Å²) in [7, 11) is -3.09. The largest absolute Gasteiger partial charge is 0.368 e. The fourth-order valence-corrected chi connectivity index (χ4v) is 3.60. The molecular formula is C15H26N4O2S. The zero-order chi connectivity index (χ0) is 16.2. The monoisotopic (exact) mass is 326 g/mol. The van der Waals surface area contributed by atoms with Crippen LogP contribution < -0.4 is 5.32 Å². The molecule has 1 aliphatic heterocycles. The van der Waals surface area contributed by atoms with Gasteiger partial charge in [-0.1, -0.05) is 13.8 Å². The predicted molar refractivity (Wildman–Crippen MR) is 88.2 cm³/mol. The van der Waals surface area contributed by atoms with E-state index in [-0.39, 0.29) is 0 Å². The Morgan fingerprint density at radius 2 is 2.14 bits per heavy atom. The van der Waals surface area contributed by atoms with E-state index in [9.17, 15) is 8.42 Å². The number of rotatable bonds is 6.